The van der Waals surface area contributed by atoms with Gasteiger partial charge in [-0.25, -0.2) is 0 Å². The summed E-state index contributed by atoms with van der Waals surface area (Å²) in [5, 5.41) is 5.14. The van der Waals surface area contributed by atoms with Crippen molar-refractivity contribution in [3.63, 3.8) is 0 Å². The lowest BCUT2D eigenvalue weighted by atomic mass is 9.97. The first-order valence-electron chi connectivity index (χ1n) is 17.4. The largest absolute Gasteiger partial charge is 0.309 e. The molecule has 3 heteroatoms. The van der Waals surface area contributed by atoms with Gasteiger partial charge >= 0.3 is 0 Å². The van der Waals surface area contributed by atoms with E-state index < -0.39 is 0 Å². The van der Waals surface area contributed by atoms with Crippen LogP contribution in [0.1, 0.15) is 0 Å². The van der Waals surface area contributed by atoms with Gasteiger partial charge in [0.15, 0.2) is 0 Å². The molecule has 0 saturated heterocycles. The van der Waals surface area contributed by atoms with Crippen LogP contribution in [0.15, 0.2) is 194 Å². The summed E-state index contributed by atoms with van der Waals surface area (Å²) in [7, 11) is 0. The van der Waals surface area contributed by atoms with Crippen molar-refractivity contribution in [2.24, 2.45) is 0 Å². The van der Waals surface area contributed by atoms with Gasteiger partial charge in [-0.05, 0) is 77.4 Å². The molecule has 0 radical (unpaired) electrons. The van der Waals surface area contributed by atoms with Gasteiger partial charge in [0.05, 0.1) is 27.1 Å². The van der Waals surface area contributed by atoms with Gasteiger partial charge in [-0.2, -0.15) is 0 Å². The van der Waals surface area contributed by atoms with Crippen molar-refractivity contribution in [3.8, 4) is 27.9 Å². The number of nitrogens with zero attached hydrogens (tertiary/aromatic N) is 2. The Hall–Kier alpha value is -6.42. The Morgan fingerprint density at radius 3 is 1.76 bits per heavy atom. The molecule has 2 aromatic heterocycles. The fourth-order valence-electron chi connectivity index (χ4n) is 7.68. The molecule has 0 aliphatic carbocycles. The van der Waals surface area contributed by atoms with E-state index in [1.165, 1.54) is 75.6 Å². The molecule has 0 amide bonds. The third kappa shape index (κ3) is 4.93. The molecule has 240 valence electrons. The molecule has 0 N–H and O–H groups in total. The van der Waals surface area contributed by atoms with E-state index in [2.05, 4.69) is 204 Å². The number of benzene rings is 8. The number of aromatic nitrogens is 1. The Labute approximate surface area is 300 Å². The molecule has 10 aromatic rings. The Bertz CT molecular complexity index is 2810. The monoisotopic (exact) mass is 668 g/mol. The first-order chi connectivity index (χ1) is 25.3. The Balaban J connectivity index is 1.06. The van der Waals surface area contributed by atoms with Gasteiger partial charge in [0, 0.05) is 43.2 Å². The normalized spacial score (nSPS) is 11.5. The zero-order valence-electron chi connectivity index (χ0n) is 27.8. The predicted molar refractivity (Wildman–Crippen MR) is 219 cm³/mol. The van der Waals surface area contributed by atoms with E-state index in [9.17, 15) is 0 Å². The SMILES string of the molecule is c1ccc(N(c2ccc(-c3cccc(-c4ccccc4-n4c5ccccc5c5ccccc54)c3)cc2)c2cccc3c2sc2ccccc23)cc1. The van der Waals surface area contributed by atoms with Crippen molar-refractivity contribution in [1.82, 2.24) is 4.57 Å². The van der Waals surface area contributed by atoms with E-state index in [-0.39, 0.29) is 0 Å². The zero-order chi connectivity index (χ0) is 33.7. The number of rotatable bonds is 6. The number of hydrogen-bond donors (Lipinski definition) is 0. The lowest BCUT2D eigenvalue weighted by molar-refractivity contribution is 1.18. The number of para-hydroxylation sites is 4. The molecular weight excluding hydrogens is 637 g/mol. The molecule has 0 unspecified atom stereocenters. The summed E-state index contributed by atoms with van der Waals surface area (Å²) in [6, 6.07) is 70.3. The first-order valence-corrected chi connectivity index (χ1v) is 18.2. The average molecular weight is 669 g/mol. The van der Waals surface area contributed by atoms with E-state index in [0.29, 0.717) is 0 Å². The zero-order valence-corrected chi connectivity index (χ0v) is 28.6. The number of thiophene rings is 1. The van der Waals surface area contributed by atoms with Gasteiger partial charge in [-0.1, -0.05) is 133 Å². The van der Waals surface area contributed by atoms with Gasteiger partial charge in [0.25, 0.3) is 0 Å². The van der Waals surface area contributed by atoms with Crippen molar-refractivity contribution in [2.45, 2.75) is 0 Å². The number of hydrogen-bond acceptors (Lipinski definition) is 2. The van der Waals surface area contributed by atoms with Crippen molar-refractivity contribution in [3.05, 3.63) is 194 Å². The maximum Gasteiger partial charge on any atom is 0.0640 e. The van der Waals surface area contributed by atoms with Crippen LogP contribution >= 0.6 is 11.3 Å². The summed E-state index contributed by atoms with van der Waals surface area (Å²) in [6.07, 6.45) is 0. The van der Waals surface area contributed by atoms with Gasteiger partial charge in [0.2, 0.25) is 0 Å². The fraction of sp³-hybridized carbons (Fsp3) is 0. The highest BCUT2D eigenvalue weighted by molar-refractivity contribution is 7.26. The van der Waals surface area contributed by atoms with Crippen LogP contribution in [0.4, 0.5) is 17.1 Å². The molecule has 2 nitrogen and oxygen atoms in total. The highest BCUT2D eigenvalue weighted by Crippen LogP contribution is 2.45. The van der Waals surface area contributed by atoms with Crippen LogP contribution in [0.5, 0.6) is 0 Å². The van der Waals surface area contributed by atoms with Crippen LogP contribution in [0, 0.1) is 0 Å². The summed E-state index contributed by atoms with van der Waals surface area (Å²) in [4.78, 5) is 2.39. The van der Waals surface area contributed by atoms with E-state index in [0.717, 1.165) is 11.4 Å². The highest BCUT2D eigenvalue weighted by Gasteiger charge is 2.19. The van der Waals surface area contributed by atoms with Crippen molar-refractivity contribution < 1.29 is 0 Å². The number of fused-ring (bicyclic) bond motifs is 6. The van der Waals surface area contributed by atoms with Crippen LogP contribution in [-0.2, 0) is 0 Å². The summed E-state index contributed by atoms with van der Waals surface area (Å²) in [6.45, 7) is 0. The van der Waals surface area contributed by atoms with E-state index in [4.69, 9.17) is 0 Å². The summed E-state index contributed by atoms with van der Waals surface area (Å²) in [5.41, 5.74) is 11.8. The van der Waals surface area contributed by atoms with Gasteiger partial charge in [0.1, 0.15) is 0 Å². The average Bonchev–Trinajstić information content (AvgIpc) is 3.75. The highest BCUT2D eigenvalue weighted by atomic mass is 32.1. The molecule has 0 atom stereocenters. The van der Waals surface area contributed by atoms with Gasteiger partial charge in [-0.3, -0.25) is 0 Å². The van der Waals surface area contributed by atoms with Gasteiger partial charge in [-0.15, -0.1) is 11.3 Å². The number of anilines is 3. The molecule has 0 saturated carbocycles. The summed E-state index contributed by atoms with van der Waals surface area (Å²) >= 11 is 1.86. The van der Waals surface area contributed by atoms with Crippen molar-refractivity contribution in [1.29, 1.82) is 0 Å². The van der Waals surface area contributed by atoms with Crippen LogP contribution in [-0.4, -0.2) is 4.57 Å². The predicted octanol–water partition coefficient (Wildman–Crippen LogP) is 14.0. The van der Waals surface area contributed by atoms with Crippen LogP contribution in [0.3, 0.4) is 0 Å². The molecule has 8 aromatic carbocycles. The maximum atomic E-state index is 2.41. The second-order valence-corrected chi connectivity index (χ2v) is 14.0. The third-order valence-corrected chi connectivity index (χ3v) is 11.2. The van der Waals surface area contributed by atoms with Crippen LogP contribution in [0.2, 0.25) is 0 Å². The Kier molecular flexibility index (Phi) is 7.04. The third-order valence-electron chi connectivity index (χ3n) is 10.00. The lowest BCUT2D eigenvalue weighted by Crippen LogP contribution is -2.09. The molecule has 0 fully saturated rings. The molecule has 10 rings (SSSR count). The van der Waals surface area contributed by atoms with E-state index in [1.807, 2.05) is 11.3 Å². The quantitative estimate of drug-likeness (QED) is 0.171. The standard InChI is InChI=1S/C48H32N2S/c1-2-16-36(17-3-1)49(46-26-13-22-42-41-21-7-11-27-47(41)51-48(42)46)37-30-28-33(29-31-37)34-14-12-15-35(32-34)38-18-4-8-23-43(38)50-44-24-9-5-19-39(44)40-20-6-10-25-45(40)50/h1-32H. The van der Waals surface area contributed by atoms with E-state index >= 15 is 0 Å². The molecule has 51 heavy (non-hydrogen) atoms. The Morgan fingerprint density at radius 1 is 0.392 bits per heavy atom. The van der Waals surface area contributed by atoms with Crippen LogP contribution in [0.25, 0.3) is 69.9 Å². The minimum atomic E-state index is 1.13. The molecule has 0 aliphatic heterocycles. The van der Waals surface area contributed by atoms with E-state index in [1.54, 1.807) is 0 Å². The molecule has 2 heterocycles. The Morgan fingerprint density at radius 2 is 0.980 bits per heavy atom. The summed E-state index contributed by atoms with van der Waals surface area (Å²) < 4.78 is 5.01. The van der Waals surface area contributed by atoms with Crippen molar-refractivity contribution >= 4 is 70.4 Å². The van der Waals surface area contributed by atoms with Gasteiger partial charge < -0.3 is 9.47 Å². The molecular formula is C48H32N2S. The molecule has 0 spiro atoms. The fourth-order valence-corrected chi connectivity index (χ4v) is 8.88. The van der Waals surface area contributed by atoms with Crippen LogP contribution < -0.4 is 4.90 Å². The second-order valence-electron chi connectivity index (χ2n) is 12.9. The van der Waals surface area contributed by atoms with Crippen molar-refractivity contribution in [2.75, 3.05) is 4.90 Å². The first kappa shape index (κ1) is 29.5. The molecule has 0 bridgehead atoms. The minimum absolute atomic E-state index is 1.13. The summed E-state index contributed by atoms with van der Waals surface area (Å²) in [5.74, 6) is 0. The minimum Gasteiger partial charge on any atom is -0.309 e. The smallest absolute Gasteiger partial charge is 0.0640 e. The molecule has 0 aliphatic rings. The topological polar surface area (TPSA) is 8.17 Å². The second kappa shape index (κ2) is 12.2. The maximum absolute atomic E-state index is 2.41. The lowest BCUT2D eigenvalue weighted by Gasteiger charge is -2.26.